The van der Waals surface area contributed by atoms with Crippen LogP contribution in [0.3, 0.4) is 0 Å². The zero-order valence-corrected chi connectivity index (χ0v) is 15.3. The Bertz CT molecular complexity index is 926. The minimum absolute atomic E-state index is 0. The Balaban J connectivity index is 0.00000225. The molecule has 0 aliphatic heterocycles. The number of carbonyl (C=O) groups is 1. The molecule has 1 atom stereocenters. The summed E-state index contributed by atoms with van der Waals surface area (Å²) in [6, 6.07) is 0. The molecule has 1 aliphatic carbocycles. The molecular weight excluding hydrogens is 348 g/mol. The number of nitrogens with zero attached hydrogens (tertiary/aromatic N) is 4. The summed E-state index contributed by atoms with van der Waals surface area (Å²) in [4.78, 5) is 40.8. The monoisotopic (exact) mass is 370 g/mol. The lowest BCUT2D eigenvalue weighted by Crippen LogP contribution is -2.54. The number of nitrogens with two attached hydrogens (primary N) is 1. The lowest BCUT2D eigenvalue weighted by molar-refractivity contribution is -0.123. The average molecular weight is 371 g/mol. The van der Waals surface area contributed by atoms with Gasteiger partial charge in [-0.05, 0) is 25.7 Å². The molecule has 3 N–H and O–H groups in total. The molecule has 1 fully saturated rings. The highest BCUT2D eigenvalue weighted by atomic mass is 35.5. The van der Waals surface area contributed by atoms with E-state index in [9.17, 15) is 14.4 Å². The molecular formula is C15H23ClN6O3. The normalized spacial score (nSPS) is 16.3. The number of fused-ring (bicyclic) bond motifs is 1. The molecule has 138 valence electrons. The highest BCUT2D eigenvalue weighted by Gasteiger charge is 2.41. The molecule has 9 nitrogen and oxygen atoms in total. The molecule has 0 radical (unpaired) electrons. The fraction of sp³-hybridized carbons (Fsp3) is 0.600. The summed E-state index contributed by atoms with van der Waals surface area (Å²) < 4.78 is 3.77. The van der Waals surface area contributed by atoms with Gasteiger partial charge in [-0.1, -0.05) is 0 Å². The molecule has 2 heterocycles. The minimum atomic E-state index is -0.470. The molecule has 10 heteroatoms. The number of hydrogen-bond acceptors (Lipinski definition) is 5. The molecule has 3 rings (SSSR count). The van der Waals surface area contributed by atoms with E-state index in [0.29, 0.717) is 12.5 Å². The molecule has 0 bridgehead atoms. The van der Waals surface area contributed by atoms with Crippen molar-refractivity contribution in [3.63, 3.8) is 0 Å². The lowest BCUT2D eigenvalue weighted by atomic mass is 9.96. The van der Waals surface area contributed by atoms with Crippen molar-refractivity contribution in [3.05, 3.63) is 27.2 Å². The predicted octanol–water partition coefficient (Wildman–Crippen LogP) is -0.901. The van der Waals surface area contributed by atoms with Crippen LogP contribution in [0.15, 0.2) is 15.9 Å². The zero-order valence-electron chi connectivity index (χ0n) is 14.5. The Morgan fingerprint density at radius 1 is 1.36 bits per heavy atom. The Morgan fingerprint density at radius 2 is 2.00 bits per heavy atom. The number of aromatic nitrogens is 4. The standard InChI is InChI=1S/C15H22N6O3.ClH/c1-15(7-16,9-4-5-9)18-10(22)6-21-8-17-12-11(21)13(23)20(3)14(24)19(12)2;/h8-9H,4-7,16H2,1-3H3,(H,18,22);1H. The molecule has 1 saturated carbocycles. The largest absolute Gasteiger partial charge is 0.348 e. The van der Waals surface area contributed by atoms with Crippen molar-refractivity contribution in [2.24, 2.45) is 25.7 Å². The van der Waals surface area contributed by atoms with Gasteiger partial charge in [0.1, 0.15) is 6.54 Å². The maximum atomic E-state index is 12.4. The SMILES string of the molecule is Cl.Cn1c(=O)c2c(ncn2CC(=O)NC(C)(CN)C2CC2)n(C)c1=O. The van der Waals surface area contributed by atoms with Gasteiger partial charge < -0.3 is 15.6 Å². The number of nitrogens with one attached hydrogen (secondary N) is 1. The van der Waals surface area contributed by atoms with E-state index in [2.05, 4.69) is 10.3 Å². The average Bonchev–Trinajstić information content (AvgIpc) is 3.33. The van der Waals surface area contributed by atoms with Gasteiger partial charge in [0, 0.05) is 20.6 Å². The van der Waals surface area contributed by atoms with E-state index in [0.717, 1.165) is 17.4 Å². The van der Waals surface area contributed by atoms with Gasteiger partial charge in [0.25, 0.3) is 5.56 Å². The Hall–Kier alpha value is -2.13. The van der Waals surface area contributed by atoms with Crippen LogP contribution < -0.4 is 22.3 Å². The van der Waals surface area contributed by atoms with Crippen molar-refractivity contribution in [2.75, 3.05) is 6.54 Å². The van der Waals surface area contributed by atoms with Gasteiger partial charge in [-0.3, -0.25) is 18.7 Å². The lowest BCUT2D eigenvalue weighted by Gasteiger charge is -2.29. The highest BCUT2D eigenvalue weighted by Crippen LogP contribution is 2.38. The smallest absolute Gasteiger partial charge is 0.332 e. The van der Waals surface area contributed by atoms with Gasteiger partial charge in [-0.15, -0.1) is 12.4 Å². The van der Waals surface area contributed by atoms with Gasteiger partial charge in [0.05, 0.1) is 11.9 Å². The number of amides is 1. The third-order valence-electron chi connectivity index (χ3n) is 4.86. The second-order valence-corrected chi connectivity index (χ2v) is 6.69. The van der Waals surface area contributed by atoms with Crippen LogP contribution in [0.5, 0.6) is 0 Å². The molecule has 1 aliphatic rings. The first-order chi connectivity index (χ1) is 11.3. The molecule has 25 heavy (non-hydrogen) atoms. The number of hydrogen-bond donors (Lipinski definition) is 2. The summed E-state index contributed by atoms with van der Waals surface area (Å²) in [5.74, 6) is 0.171. The molecule has 2 aromatic rings. The highest BCUT2D eigenvalue weighted by molar-refractivity contribution is 5.85. The molecule has 1 amide bonds. The first-order valence-electron chi connectivity index (χ1n) is 7.90. The van der Waals surface area contributed by atoms with Gasteiger partial charge in [-0.25, -0.2) is 9.78 Å². The second-order valence-electron chi connectivity index (χ2n) is 6.69. The van der Waals surface area contributed by atoms with Crippen LogP contribution in [-0.4, -0.2) is 36.7 Å². The van der Waals surface area contributed by atoms with Gasteiger partial charge >= 0.3 is 5.69 Å². The van der Waals surface area contributed by atoms with Gasteiger partial charge in [0.2, 0.25) is 5.91 Å². The van der Waals surface area contributed by atoms with Crippen LogP contribution in [0, 0.1) is 5.92 Å². The van der Waals surface area contributed by atoms with Crippen molar-refractivity contribution in [2.45, 2.75) is 31.8 Å². The number of imidazole rings is 1. The fourth-order valence-corrected chi connectivity index (χ4v) is 3.07. The number of carbonyl (C=O) groups excluding carboxylic acids is 1. The third kappa shape index (κ3) is 3.21. The Morgan fingerprint density at radius 3 is 2.56 bits per heavy atom. The molecule has 1 unspecified atom stereocenters. The van der Waals surface area contributed by atoms with Crippen LogP contribution in [0.25, 0.3) is 11.2 Å². The van der Waals surface area contributed by atoms with Crippen molar-refractivity contribution < 1.29 is 4.79 Å². The van der Waals surface area contributed by atoms with Crippen molar-refractivity contribution >= 4 is 29.5 Å². The number of aryl methyl sites for hydroxylation is 1. The van der Waals surface area contributed by atoms with Crippen LogP contribution in [0.1, 0.15) is 19.8 Å². The van der Waals surface area contributed by atoms with Crippen LogP contribution in [0.2, 0.25) is 0 Å². The summed E-state index contributed by atoms with van der Waals surface area (Å²) in [6.45, 7) is 2.26. The number of halogens is 1. The molecule has 2 aromatic heterocycles. The van der Waals surface area contributed by atoms with Crippen LogP contribution in [-0.2, 0) is 25.4 Å². The zero-order chi connectivity index (χ0) is 17.6. The van der Waals surface area contributed by atoms with Crippen molar-refractivity contribution in [1.82, 2.24) is 24.0 Å². The summed E-state index contributed by atoms with van der Waals surface area (Å²) in [7, 11) is 2.94. The van der Waals surface area contributed by atoms with E-state index in [-0.39, 0.29) is 36.0 Å². The Labute approximate surface area is 150 Å². The van der Waals surface area contributed by atoms with Gasteiger partial charge in [0.15, 0.2) is 11.2 Å². The fourth-order valence-electron chi connectivity index (χ4n) is 3.07. The topological polar surface area (TPSA) is 117 Å². The predicted molar refractivity (Wildman–Crippen MR) is 95.8 cm³/mol. The van der Waals surface area contributed by atoms with E-state index in [1.54, 1.807) is 7.05 Å². The van der Waals surface area contributed by atoms with Gasteiger partial charge in [-0.2, -0.15) is 0 Å². The molecule has 0 saturated heterocycles. The van der Waals surface area contributed by atoms with Crippen LogP contribution in [0.4, 0.5) is 0 Å². The first-order valence-corrected chi connectivity index (χ1v) is 7.90. The van der Waals surface area contributed by atoms with Crippen molar-refractivity contribution in [3.8, 4) is 0 Å². The van der Waals surface area contributed by atoms with Crippen molar-refractivity contribution in [1.29, 1.82) is 0 Å². The van der Waals surface area contributed by atoms with E-state index in [1.165, 1.54) is 22.5 Å². The quantitative estimate of drug-likeness (QED) is 0.707. The molecule has 0 aromatic carbocycles. The first kappa shape index (κ1) is 19.2. The summed E-state index contributed by atoms with van der Waals surface area (Å²) in [6.07, 6.45) is 3.53. The van der Waals surface area contributed by atoms with E-state index < -0.39 is 16.8 Å². The Kier molecular flexibility index (Phi) is 5.10. The maximum Gasteiger partial charge on any atom is 0.332 e. The number of rotatable bonds is 5. The van der Waals surface area contributed by atoms with E-state index in [1.807, 2.05) is 6.92 Å². The third-order valence-corrected chi connectivity index (χ3v) is 4.86. The second kappa shape index (κ2) is 6.64. The summed E-state index contributed by atoms with van der Waals surface area (Å²) in [5.41, 5.74) is 4.96. The van der Waals surface area contributed by atoms with E-state index in [4.69, 9.17) is 5.73 Å². The minimum Gasteiger partial charge on any atom is -0.348 e. The van der Waals surface area contributed by atoms with E-state index >= 15 is 0 Å². The maximum absolute atomic E-state index is 12.4. The van der Waals surface area contributed by atoms with Crippen LogP contribution >= 0.6 is 12.4 Å². The summed E-state index contributed by atoms with van der Waals surface area (Å²) in [5, 5.41) is 2.98. The summed E-state index contributed by atoms with van der Waals surface area (Å²) >= 11 is 0. The molecule has 0 spiro atoms.